The van der Waals surface area contributed by atoms with E-state index in [9.17, 15) is 0 Å². The lowest BCUT2D eigenvalue weighted by molar-refractivity contribution is 0.411. The van der Waals surface area contributed by atoms with E-state index in [1.54, 1.807) is 7.11 Å². The molecule has 1 aromatic heterocycles. The number of benzene rings is 1. The Bertz CT molecular complexity index is 479. The molecule has 0 aliphatic rings. The van der Waals surface area contributed by atoms with E-state index in [-0.39, 0.29) is 6.01 Å². The number of nitrogen functional groups attached to an aromatic ring is 1. The summed E-state index contributed by atoms with van der Waals surface area (Å²) in [5.41, 5.74) is 7.18. The predicted molar refractivity (Wildman–Crippen MR) is 55.4 cm³/mol. The minimum absolute atomic E-state index is 0.0680. The summed E-state index contributed by atoms with van der Waals surface area (Å²) in [6.45, 7) is 1.95. The monoisotopic (exact) mass is 205 g/mol. The minimum atomic E-state index is 0.0680. The standard InChI is InChI=1S/C10H11N3O2/c1-6-5-7(3-4-8(6)14-2)9-12-13-10(11)15-9/h3-5H,1-2H3,(H2,11,13). The molecule has 0 amide bonds. The molecule has 0 bridgehead atoms. The molecule has 0 fully saturated rings. The summed E-state index contributed by atoms with van der Waals surface area (Å²) in [5, 5.41) is 7.40. The third-order valence-corrected chi connectivity index (χ3v) is 2.08. The highest BCUT2D eigenvalue weighted by Crippen LogP contribution is 2.25. The minimum Gasteiger partial charge on any atom is -0.496 e. The number of nitrogens with two attached hydrogens (primary N) is 1. The van der Waals surface area contributed by atoms with Gasteiger partial charge in [0.1, 0.15) is 5.75 Å². The maximum Gasteiger partial charge on any atom is 0.313 e. The Morgan fingerprint density at radius 2 is 2.13 bits per heavy atom. The van der Waals surface area contributed by atoms with E-state index in [0.717, 1.165) is 16.9 Å². The van der Waals surface area contributed by atoms with Crippen molar-refractivity contribution in [3.05, 3.63) is 23.8 Å². The van der Waals surface area contributed by atoms with E-state index in [1.165, 1.54) is 0 Å². The Hall–Kier alpha value is -2.04. The first-order valence-electron chi connectivity index (χ1n) is 4.44. The van der Waals surface area contributed by atoms with Crippen molar-refractivity contribution in [2.75, 3.05) is 12.8 Å². The SMILES string of the molecule is COc1ccc(-c2nnc(N)o2)cc1C. The van der Waals surface area contributed by atoms with Gasteiger partial charge in [0.25, 0.3) is 0 Å². The largest absolute Gasteiger partial charge is 0.496 e. The first kappa shape index (κ1) is 9.51. The van der Waals surface area contributed by atoms with Crippen LogP contribution in [-0.4, -0.2) is 17.3 Å². The molecule has 0 aliphatic carbocycles. The Morgan fingerprint density at radius 1 is 1.33 bits per heavy atom. The van der Waals surface area contributed by atoms with Crippen LogP contribution in [0.2, 0.25) is 0 Å². The number of hydrogen-bond donors (Lipinski definition) is 1. The Labute approximate surface area is 86.9 Å². The van der Waals surface area contributed by atoms with Crippen molar-refractivity contribution in [3.63, 3.8) is 0 Å². The van der Waals surface area contributed by atoms with Crippen molar-refractivity contribution in [2.24, 2.45) is 0 Å². The van der Waals surface area contributed by atoms with Gasteiger partial charge in [-0.15, -0.1) is 5.10 Å². The average molecular weight is 205 g/mol. The fraction of sp³-hybridized carbons (Fsp3) is 0.200. The van der Waals surface area contributed by atoms with Gasteiger partial charge in [0.2, 0.25) is 5.89 Å². The van der Waals surface area contributed by atoms with Gasteiger partial charge in [-0.25, -0.2) is 0 Å². The van der Waals surface area contributed by atoms with E-state index in [0.29, 0.717) is 5.89 Å². The highest BCUT2D eigenvalue weighted by molar-refractivity contribution is 5.57. The summed E-state index contributed by atoms with van der Waals surface area (Å²) < 4.78 is 10.3. The van der Waals surface area contributed by atoms with Crippen LogP contribution in [0.5, 0.6) is 5.75 Å². The normalized spacial score (nSPS) is 10.3. The van der Waals surface area contributed by atoms with Gasteiger partial charge in [-0.1, -0.05) is 5.10 Å². The molecule has 0 spiro atoms. The summed E-state index contributed by atoms with van der Waals surface area (Å²) in [7, 11) is 1.63. The zero-order valence-corrected chi connectivity index (χ0v) is 8.52. The highest BCUT2D eigenvalue weighted by atomic mass is 16.5. The molecule has 1 aromatic carbocycles. The van der Waals surface area contributed by atoms with Crippen molar-refractivity contribution in [2.45, 2.75) is 6.92 Å². The molecule has 2 rings (SSSR count). The summed E-state index contributed by atoms with van der Waals surface area (Å²) in [4.78, 5) is 0. The van der Waals surface area contributed by atoms with Crippen LogP contribution in [-0.2, 0) is 0 Å². The molecule has 0 saturated carbocycles. The summed E-state index contributed by atoms with van der Waals surface area (Å²) in [6.07, 6.45) is 0. The van der Waals surface area contributed by atoms with Gasteiger partial charge in [0.05, 0.1) is 7.11 Å². The number of methoxy groups -OCH3 is 1. The van der Waals surface area contributed by atoms with Crippen LogP contribution in [0.25, 0.3) is 11.5 Å². The van der Waals surface area contributed by atoms with Gasteiger partial charge in [-0.2, -0.15) is 0 Å². The molecule has 0 atom stereocenters. The van der Waals surface area contributed by atoms with Crippen LogP contribution in [0.1, 0.15) is 5.56 Å². The first-order chi connectivity index (χ1) is 7.20. The van der Waals surface area contributed by atoms with Gasteiger partial charge in [-0.05, 0) is 30.7 Å². The molecule has 0 unspecified atom stereocenters. The number of aromatic nitrogens is 2. The lowest BCUT2D eigenvalue weighted by atomic mass is 10.1. The average Bonchev–Trinajstić information content (AvgIpc) is 2.65. The van der Waals surface area contributed by atoms with Crippen molar-refractivity contribution in [3.8, 4) is 17.2 Å². The molecular formula is C10H11N3O2. The molecule has 15 heavy (non-hydrogen) atoms. The summed E-state index contributed by atoms with van der Waals surface area (Å²) in [6, 6.07) is 5.67. The Morgan fingerprint density at radius 3 is 2.67 bits per heavy atom. The lowest BCUT2D eigenvalue weighted by Gasteiger charge is -2.04. The zero-order valence-electron chi connectivity index (χ0n) is 8.52. The van der Waals surface area contributed by atoms with Crippen LogP contribution in [0.4, 0.5) is 6.01 Å². The van der Waals surface area contributed by atoms with Crippen LogP contribution in [0.15, 0.2) is 22.6 Å². The smallest absolute Gasteiger partial charge is 0.313 e. The summed E-state index contributed by atoms with van der Waals surface area (Å²) in [5.74, 6) is 1.24. The maximum atomic E-state index is 5.35. The molecule has 5 nitrogen and oxygen atoms in total. The molecule has 1 heterocycles. The Balaban J connectivity index is 2.42. The van der Waals surface area contributed by atoms with E-state index in [4.69, 9.17) is 14.9 Å². The molecule has 0 radical (unpaired) electrons. The number of aryl methyl sites for hydroxylation is 1. The van der Waals surface area contributed by atoms with E-state index in [1.807, 2.05) is 25.1 Å². The summed E-state index contributed by atoms with van der Waals surface area (Å²) >= 11 is 0. The van der Waals surface area contributed by atoms with Gasteiger partial charge < -0.3 is 14.9 Å². The molecular weight excluding hydrogens is 194 g/mol. The van der Waals surface area contributed by atoms with E-state index >= 15 is 0 Å². The van der Waals surface area contributed by atoms with Gasteiger partial charge in [-0.3, -0.25) is 0 Å². The van der Waals surface area contributed by atoms with Crippen LogP contribution >= 0.6 is 0 Å². The van der Waals surface area contributed by atoms with Gasteiger partial charge in [0.15, 0.2) is 0 Å². The van der Waals surface area contributed by atoms with Gasteiger partial charge in [0, 0.05) is 5.56 Å². The lowest BCUT2D eigenvalue weighted by Crippen LogP contribution is -1.87. The fourth-order valence-electron chi connectivity index (χ4n) is 1.36. The number of rotatable bonds is 2. The predicted octanol–water partition coefficient (Wildman–Crippen LogP) is 1.64. The van der Waals surface area contributed by atoms with Crippen molar-refractivity contribution in [1.82, 2.24) is 10.2 Å². The fourth-order valence-corrected chi connectivity index (χ4v) is 1.36. The zero-order chi connectivity index (χ0) is 10.8. The second kappa shape index (κ2) is 3.61. The molecule has 2 N–H and O–H groups in total. The topological polar surface area (TPSA) is 74.2 Å². The number of nitrogens with zero attached hydrogens (tertiary/aromatic N) is 2. The van der Waals surface area contributed by atoms with Crippen molar-refractivity contribution >= 4 is 6.01 Å². The van der Waals surface area contributed by atoms with Crippen LogP contribution < -0.4 is 10.5 Å². The Kier molecular flexibility index (Phi) is 2.29. The second-order valence-corrected chi connectivity index (χ2v) is 3.13. The van der Waals surface area contributed by atoms with Crippen LogP contribution in [0.3, 0.4) is 0 Å². The van der Waals surface area contributed by atoms with Gasteiger partial charge >= 0.3 is 6.01 Å². The first-order valence-corrected chi connectivity index (χ1v) is 4.44. The third kappa shape index (κ3) is 1.76. The van der Waals surface area contributed by atoms with Crippen molar-refractivity contribution < 1.29 is 9.15 Å². The van der Waals surface area contributed by atoms with E-state index in [2.05, 4.69) is 10.2 Å². The molecule has 0 saturated heterocycles. The maximum absolute atomic E-state index is 5.35. The highest BCUT2D eigenvalue weighted by Gasteiger charge is 2.07. The van der Waals surface area contributed by atoms with E-state index < -0.39 is 0 Å². The quantitative estimate of drug-likeness (QED) is 0.806. The number of hydrogen-bond acceptors (Lipinski definition) is 5. The molecule has 5 heteroatoms. The number of anilines is 1. The van der Waals surface area contributed by atoms with Crippen molar-refractivity contribution in [1.29, 1.82) is 0 Å². The molecule has 78 valence electrons. The van der Waals surface area contributed by atoms with Crippen LogP contribution in [0, 0.1) is 6.92 Å². The molecule has 0 aliphatic heterocycles. The second-order valence-electron chi connectivity index (χ2n) is 3.13. The number of ether oxygens (including phenoxy) is 1. The molecule has 2 aromatic rings. The third-order valence-electron chi connectivity index (χ3n) is 2.08.